The maximum Gasteiger partial charge on any atom is 0.293 e. The summed E-state index contributed by atoms with van der Waals surface area (Å²) in [6.07, 6.45) is 1.55. The fourth-order valence-corrected chi connectivity index (χ4v) is 2.89. The number of aromatic nitrogens is 4. The minimum atomic E-state index is -0.397. The van der Waals surface area contributed by atoms with Crippen LogP contribution in [0.4, 0.5) is 8.78 Å². The van der Waals surface area contributed by atoms with E-state index >= 15 is 0 Å². The van der Waals surface area contributed by atoms with Crippen molar-refractivity contribution in [1.82, 2.24) is 19.6 Å². The molecular formula is C19H14F2N4O. The van der Waals surface area contributed by atoms with Crippen LogP contribution in [0.25, 0.3) is 16.6 Å². The summed E-state index contributed by atoms with van der Waals surface area (Å²) >= 11 is 0. The highest BCUT2D eigenvalue weighted by Gasteiger charge is 2.16. The fraction of sp³-hybridized carbons (Fsp3) is 0.105. The van der Waals surface area contributed by atoms with E-state index in [9.17, 15) is 13.6 Å². The van der Waals surface area contributed by atoms with E-state index in [0.29, 0.717) is 27.8 Å². The standard InChI is InChI=1S/C19H14F2N4O/c1-12-16-10-22-25(15-8-6-14(20)7-9-15)18(16)19(26)24(23-12)11-13-4-2-3-5-17(13)21/h2-10H,11H2,1H3. The molecule has 0 saturated carbocycles. The Kier molecular flexibility index (Phi) is 3.84. The molecule has 4 rings (SSSR count). The number of benzene rings is 2. The summed E-state index contributed by atoms with van der Waals surface area (Å²) in [6, 6.07) is 11.9. The number of rotatable bonds is 3. The van der Waals surface area contributed by atoms with Crippen molar-refractivity contribution in [1.29, 1.82) is 0 Å². The summed E-state index contributed by atoms with van der Waals surface area (Å²) in [5, 5.41) is 9.13. The fourth-order valence-electron chi connectivity index (χ4n) is 2.89. The van der Waals surface area contributed by atoms with Gasteiger partial charge in [-0.15, -0.1) is 0 Å². The van der Waals surface area contributed by atoms with Gasteiger partial charge in [0.25, 0.3) is 5.56 Å². The molecule has 0 radical (unpaired) electrons. The molecule has 0 spiro atoms. The van der Waals surface area contributed by atoms with E-state index in [0.717, 1.165) is 0 Å². The molecule has 0 atom stereocenters. The smallest absolute Gasteiger partial charge is 0.265 e. The number of nitrogens with zero attached hydrogens (tertiary/aromatic N) is 4. The van der Waals surface area contributed by atoms with Gasteiger partial charge in [-0.1, -0.05) is 18.2 Å². The van der Waals surface area contributed by atoms with Gasteiger partial charge in [0, 0.05) is 10.9 Å². The first-order valence-corrected chi connectivity index (χ1v) is 7.99. The number of fused-ring (bicyclic) bond motifs is 1. The normalized spacial score (nSPS) is 11.2. The topological polar surface area (TPSA) is 52.7 Å². The van der Waals surface area contributed by atoms with Gasteiger partial charge in [-0.2, -0.15) is 10.2 Å². The molecule has 0 aliphatic rings. The first-order chi connectivity index (χ1) is 12.5. The third-order valence-corrected chi connectivity index (χ3v) is 4.22. The van der Waals surface area contributed by atoms with Gasteiger partial charge in [-0.25, -0.2) is 18.1 Å². The lowest BCUT2D eigenvalue weighted by Gasteiger charge is -2.09. The quantitative estimate of drug-likeness (QED) is 0.569. The molecule has 5 nitrogen and oxygen atoms in total. The second-order valence-electron chi connectivity index (χ2n) is 5.93. The molecular weight excluding hydrogens is 338 g/mol. The van der Waals surface area contributed by atoms with Gasteiger partial charge >= 0.3 is 0 Å². The first-order valence-electron chi connectivity index (χ1n) is 7.99. The Bertz CT molecular complexity index is 1160. The molecule has 0 aliphatic carbocycles. The van der Waals surface area contributed by atoms with E-state index < -0.39 is 11.4 Å². The molecule has 0 amide bonds. The summed E-state index contributed by atoms with van der Waals surface area (Å²) in [5.74, 6) is -0.772. The van der Waals surface area contributed by atoms with Crippen LogP contribution in [0.1, 0.15) is 11.3 Å². The van der Waals surface area contributed by atoms with Crippen molar-refractivity contribution in [3.05, 3.63) is 88.0 Å². The molecule has 2 heterocycles. The zero-order valence-corrected chi connectivity index (χ0v) is 13.9. The summed E-state index contributed by atoms with van der Waals surface area (Å²) in [4.78, 5) is 13.0. The van der Waals surface area contributed by atoms with Crippen molar-refractivity contribution in [2.45, 2.75) is 13.5 Å². The lowest BCUT2D eigenvalue weighted by Crippen LogP contribution is -2.26. The Hall–Kier alpha value is -3.35. The molecule has 0 N–H and O–H groups in total. The average molecular weight is 352 g/mol. The SMILES string of the molecule is Cc1nn(Cc2ccccc2F)c(=O)c2c1cnn2-c1ccc(F)cc1. The van der Waals surface area contributed by atoms with Crippen LogP contribution in [0, 0.1) is 18.6 Å². The van der Waals surface area contributed by atoms with Gasteiger partial charge in [0.1, 0.15) is 17.2 Å². The minimum absolute atomic E-state index is 0.0108. The Labute approximate surface area is 147 Å². The molecule has 0 aliphatic heterocycles. The van der Waals surface area contributed by atoms with E-state index in [-0.39, 0.29) is 12.4 Å². The van der Waals surface area contributed by atoms with Crippen molar-refractivity contribution in [3.8, 4) is 5.69 Å². The van der Waals surface area contributed by atoms with Crippen LogP contribution in [0.5, 0.6) is 0 Å². The average Bonchev–Trinajstić information content (AvgIpc) is 3.08. The van der Waals surface area contributed by atoms with E-state index in [1.807, 2.05) is 0 Å². The van der Waals surface area contributed by atoms with Crippen LogP contribution in [0.2, 0.25) is 0 Å². The highest BCUT2D eigenvalue weighted by molar-refractivity contribution is 5.81. The molecule has 0 saturated heterocycles. The van der Waals surface area contributed by atoms with Crippen LogP contribution >= 0.6 is 0 Å². The van der Waals surface area contributed by atoms with Gasteiger partial charge in [0.05, 0.1) is 24.1 Å². The van der Waals surface area contributed by atoms with Crippen LogP contribution < -0.4 is 5.56 Å². The number of aryl methyl sites for hydroxylation is 1. The number of hydrogen-bond acceptors (Lipinski definition) is 3. The highest BCUT2D eigenvalue weighted by Crippen LogP contribution is 2.18. The van der Waals surface area contributed by atoms with Crippen LogP contribution in [-0.2, 0) is 6.54 Å². The second-order valence-corrected chi connectivity index (χ2v) is 5.93. The van der Waals surface area contributed by atoms with Gasteiger partial charge < -0.3 is 0 Å². The van der Waals surface area contributed by atoms with Gasteiger partial charge in [-0.05, 0) is 37.3 Å². The molecule has 0 unspecified atom stereocenters. The summed E-state index contributed by atoms with van der Waals surface area (Å²) in [7, 11) is 0. The number of halogens is 2. The van der Waals surface area contributed by atoms with Gasteiger partial charge in [-0.3, -0.25) is 4.79 Å². The lowest BCUT2D eigenvalue weighted by atomic mass is 10.2. The largest absolute Gasteiger partial charge is 0.293 e. The molecule has 130 valence electrons. The van der Waals surface area contributed by atoms with Crippen molar-refractivity contribution in [2.24, 2.45) is 0 Å². The Morgan fingerprint density at radius 2 is 1.77 bits per heavy atom. The van der Waals surface area contributed by atoms with E-state index in [4.69, 9.17) is 0 Å². The molecule has 0 bridgehead atoms. The van der Waals surface area contributed by atoms with E-state index in [2.05, 4.69) is 10.2 Å². The minimum Gasteiger partial charge on any atom is -0.265 e. The van der Waals surface area contributed by atoms with E-state index in [1.165, 1.54) is 39.7 Å². The van der Waals surface area contributed by atoms with Crippen molar-refractivity contribution >= 4 is 10.9 Å². The lowest BCUT2D eigenvalue weighted by molar-refractivity contribution is 0.571. The van der Waals surface area contributed by atoms with Gasteiger partial charge in [0.15, 0.2) is 0 Å². The Morgan fingerprint density at radius 1 is 1.04 bits per heavy atom. The third-order valence-electron chi connectivity index (χ3n) is 4.22. The van der Waals surface area contributed by atoms with Crippen molar-refractivity contribution in [3.63, 3.8) is 0 Å². The maximum absolute atomic E-state index is 13.9. The molecule has 2 aromatic carbocycles. The molecule has 4 aromatic rings. The zero-order valence-electron chi connectivity index (χ0n) is 13.9. The first kappa shape index (κ1) is 16.1. The van der Waals surface area contributed by atoms with Gasteiger partial charge in [0.2, 0.25) is 0 Å². The zero-order chi connectivity index (χ0) is 18.3. The number of hydrogen-bond donors (Lipinski definition) is 0. The predicted octanol–water partition coefficient (Wildman–Crippen LogP) is 3.22. The molecule has 2 aromatic heterocycles. The summed E-state index contributed by atoms with van der Waals surface area (Å²) < 4.78 is 29.8. The molecule has 26 heavy (non-hydrogen) atoms. The monoisotopic (exact) mass is 352 g/mol. The summed E-state index contributed by atoms with van der Waals surface area (Å²) in [6.45, 7) is 1.77. The highest BCUT2D eigenvalue weighted by atomic mass is 19.1. The Balaban J connectivity index is 1.90. The molecule has 7 heteroatoms. The van der Waals surface area contributed by atoms with E-state index in [1.54, 1.807) is 31.3 Å². The van der Waals surface area contributed by atoms with Crippen molar-refractivity contribution in [2.75, 3.05) is 0 Å². The predicted molar refractivity (Wildman–Crippen MR) is 93.3 cm³/mol. The second kappa shape index (κ2) is 6.18. The third kappa shape index (κ3) is 2.67. The maximum atomic E-state index is 13.9. The van der Waals surface area contributed by atoms with Crippen LogP contribution in [0.15, 0.2) is 59.5 Å². The Morgan fingerprint density at radius 3 is 2.50 bits per heavy atom. The summed E-state index contributed by atoms with van der Waals surface area (Å²) in [5.41, 5.74) is 1.45. The van der Waals surface area contributed by atoms with Crippen LogP contribution in [0.3, 0.4) is 0 Å². The molecule has 0 fully saturated rings. The van der Waals surface area contributed by atoms with Crippen molar-refractivity contribution < 1.29 is 8.78 Å². The van der Waals surface area contributed by atoms with Crippen LogP contribution in [-0.4, -0.2) is 19.6 Å².